The van der Waals surface area contributed by atoms with Crippen LogP contribution in [-0.2, 0) is 9.22 Å². The van der Waals surface area contributed by atoms with E-state index in [1.165, 1.54) is 0 Å². The van der Waals surface area contributed by atoms with Crippen molar-refractivity contribution in [3.63, 3.8) is 0 Å². The van der Waals surface area contributed by atoms with E-state index in [4.69, 9.17) is 15.4 Å². The smallest absolute Gasteiger partial charge is 0.303 e. The first-order valence-electron chi connectivity index (χ1n) is 10.7. The number of nitrogens with two attached hydrogens (primary N) is 1. The van der Waals surface area contributed by atoms with Crippen molar-refractivity contribution in [3.05, 3.63) is 35.4 Å². The quantitative estimate of drug-likeness (QED) is 0.0616. The number of rotatable bonds is 8. The Morgan fingerprint density at radius 1 is 1.35 bits per heavy atom. The van der Waals surface area contributed by atoms with Crippen LogP contribution in [0.2, 0.25) is 18.1 Å². The normalized spacial score (nSPS) is 22.3. The van der Waals surface area contributed by atoms with E-state index in [0.717, 1.165) is 24.9 Å². The van der Waals surface area contributed by atoms with E-state index in [9.17, 15) is 9.90 Å². The first-order valence-corrected chi connectivity index (χ1v) is 14.9. The van der Waals surface area contributed by atoms with Crippen LogP contribution in [0.4, 0.5) is 0 Å². The molecule has 1 heterocycles. The van der Waals surface area contributed by atoms with Crippen LogP contribution in [0.15, 0.2) is 29.4 Å². The van der Waals surface area contributed by atoms with Gasteiger partial charge in [0, 0.05) is 12.1 Å². The molecule has 0 bridgehead atoms. The van der Waals surface area contributed by atoms with Crippen molar-refractivity contribution in [2.75, 3.05) is 13.1 Å². The highest BCUT2D eigenvalue weighted by atomic mass is 127. The molecule has 1 fully saturated rings. The maximum absolute atomic E-state index is 11.3. The number of carbonyl (C=O) groups is 1. The Balaban J connectivity index is 2.30. The summed E-state index contributed by atoms with van der Waals surface area (Å²) in [5.74, 6) is -0.516. The molecule has 0 spiro atoms. The predicted octanol–water partition coefficient (Wildman–Crippen LogP) is 4.79. The number of likely N-dealkylation sites (tertiary alicyclic amines) is 1. The maximum Gasteiger partial charge on any atom is 0.303 e. The topological polar surface area (TPSA) is 108 Å². The molecule has 0 aromatic heterocycles. The van der Waals surface area contributed by atoms with Crippen LogP contribution in [-0.4, -0.2) is 52.5 Å². The lowest BCUT2D eigenvalue weighted by Crippen LogP contribution is -2.47. The Morgan fingerprint density at radius 2 is 1.97 bits per heavy atom. The number of hydrogen-bond acceptors (Lipinski definition) is 5. The molecule has 1 aromatic rings. The highest BCUT2D eigenvalue weighted by Crippen LogP contribution is 2.41. The molecule has 31 heavy (non-hydrogen) atoms. The van der Waals surface area contributed by atoms with Gasteiger partial charge in [-0.1, -0.05) is 72.8 Å². The Hall–Kier alpha value is -1.17. The number of oxime groups is 1. The van der Waals surface area contributed by atoms with E-state index in [0.29, 0.717) is 12.1 Å². The Morgan fingerprint density at radius 3 is 2.48 bits per heavy atom. The zero-order chi connectivity index (χ0) is 23.4. The molecule has 7 nitrogen and oxygen atoms in total. The van der Waals surface area contributed by atoms with Crippen molar-refractivity contribution >= 4 is 42.7 Å². The molecule has 174 valence electrons. The molecule has 1 saturated heterocycles. The number of benzene rings is 1. The summed E-state index contributed by atoms with van der Waals surface area (Å²) in [4.78, 5) is 13.7. The third-order valence-electron chi connectivity index (χ3n) is 6.52. The van der Waals surface area contributed by atoms with E-state index in [1.54, 1.807) is 0 Å². The van der Waals surface area contributed by atoms with Gasteiger partial charge in [0.15, 0.2) is 14.2 Å². The van der Waals surface area contributed by atoms with Gasteiger partial charge < -0.3 is 20.5 Å². The van der Waals surface area contributed by atoms with E-state index >= 15 is 0 Å². The SMILES string of the molecule is CC(C)(C)[Si](C)(C)OC(CN1CCCC(CC(=O)O)C1I)c1ccc(C(N)=NO)cc1. The second-order valence-electron chi connectivity index (χ2n) is 9.84. The zero-order valence-corrected chi connectivity index (χ0v) is 22.3. The van der Waals surface area contributed by atoms with Crippen molar-refractivity contribution in [2.45, 2.75) is 68.3 Å². The minimum Gasteiger partial charge on any atom is -0.481 e. The van der Waals surface area contributed by atoms with E-state index in [1.807, 2.05) is 24.3 Å². The molecule has 0 amide bonds. The second-order valence-corrected chi connectivity index (χ2v) is 15.9. The summed E-state index contributed by atoms with van der Waals surface area (Å²) < 4.78 is 7.01. The van der Waals surface area contributed by atoms with Crippen LogP contribution in [0.5, 0.6) is 0 Å². The van der Waals surface area contributed by atoms with Crippen LogP contribution in [0.25, 0.3) is 0 Å². The van der Waals surface area contributed by atoms with Gasteiger partial charge >= 0.3 is 5.97 Å². The van der Waals surface area contributed by atoms with Crippen LogP contribution >= 0.6 is 22.6 Å². The van der Waals surface area contributed by atoms with Crippen LogP contribution < -0.4 is 5.73 Å². The summed E-state index contributed by atoms with van der Waals surface area (Å²) in [6, 6.07) is 7.65. The number of halogens is 1. The number of nitrogens with zero attached hydrogens (tertiary/aromatic N) is 2. The van der Waals surface area contributed by atoms with E-state index < -0.39 is 14.3 Å². The third kappa shape index (κ3) is 6.90. The molecule has 0 aliphatic carbocycles. The number of alkyl halides is 1. The molecular weight excluding hydrogens is 525 g/mol. The Labute approximate surface area is 200 Å². The molecule has 1 aliphatic rings. The molecule has 1 aliphatic heterocycles. The zero-order valence-electron chi connectivity index (χ0n) is 19.1. The number of carboxylic acid groups (broad SMARTS) is 1. The average molecular weight is 562 g/mol. The highest BCUT2D eigenvalue weighted by molar-refractivity contribution is 14.1. The fraction of sp³-hybridized carbons (Fsp3) is 0.636. The van der Waals surface area contributed by atoms with Crippen LogP contribution in [0, 0.1) is 5.92 Å². The molecule has 3 unspecified atom stereocenters. The molecule has 0 saturated carbocycles. The number of amidine groups is 1. The van der Waals surface area contributed by atoms with Gasteiger partial charge in [0.1, 0.15) is 0 Å². The van der Waals surface area contributed by atoms with Crippen LogP contribution in [0.3, 0.4) is 0 Å². The van der Waals surface area contributed by atoms with Gasteiger partial charge in [0.25, 0.3) is 0 Å². The largest absolute Gasteiger partial charge is 0.481 e. The van der Waals surface area contributed by atoms with Gasteiger partial charge in [-0.3, -0.25) is 9.69 Å². The summed E-state index contributed by atoms with van der Waals surface area (Å²) in [7, 11) is -2.05. The summed E-state index contributed by atoms with van der Waals surface area (Å²) in [5.41, 5.74) is 7.42. The molecule has 9 heteroatoms. The Kier molecular flexibility index (Phi) is 8.94. The number of piperidine rings is 1. The molecule has 1 aromatic carbocycles. The fourth-order valence-corrected chi connectivity index (χ4v) is 6.01. The van der Waals surface area contributed by atoms with Crippen LogP contribution in [0.1, 0.15) is 57.3 Å². The van der Waals surface area contributed by atoms with Crippen molar-refractivity contribution < 1.29 is 19.5 Å². The monoisotopic (exact) mass is 561 g/mol. The average Bonchev–Trinajstić information content (AvgIpc) is 2.68. The van der Waals surface area contributed by atoms with E-state index in [-0.39, 0.29) is 33.4 Å². The maximum atomic E-state index is 11.3. The lowest BCUT2D eigenvalue weighted by molar-refractivity contribution is -0.138. The van der Waals surface area contributed by atoms with E-state index in [2.05, 4.69) is 66.5 Å². The third-order valence-corrected chi connectivity index (χ3v) is 12.8. The highest BCUT2D eigenvalue weighted by Gasteiger charge is 2.41. The molecular formula is C22H36IN3O4Si. The summed E-state index contributed by atoms with van der Waals surface area (Å²) >= 11 is 2.40. The first-order chi connectivity index (χ1) is 14.4. The number of aliphatic carboxylic acids is 1. The van der Waals surface area contributed by atoms with Gasteiger partial charge in [0.2, 0.25) is 0 Å². The lowest BCUT2D eigenvalue weighted by atomic mass is 9.94. The first kappa shape index (κ1) is 26.1. The summed E-state index contributed by atoms with van der Waals surface area (Å²) in [5, 5.41) is 21.4. The minimum absolute atomic E-state index is 0.0661. The van der Waals surface area contributed by atoms with Gasteiger partial charge in [-0.2, -0.15) is 0 Å². The van der Waals surface area contributed by atoms with Gasteiger partial charge in [-0.25, -0.2) is 0 Å². The molecule has 2 rings (SSSR count). The fourth-order valence-electron chi connectivity index (χ4n) is 3.61. The second kappa shape index (κ2) is 10.6. The summed E-state index contributed by atoms with van der Waals surface area (Å²) in [6.45, 7) is 12.8. The molecule has 4 N–H and O–H groups in total. The Bertz CT molecular complexity index is 780. The standard InChI is InChI=1S/C22H36IN3O4Si/c1-22(2,3)31(4,5)30-18(15-8-10-16(11-9-15)21(24)25-29)14-26-12-6-7-17(20(26)23)13-19(27)28/h8-11,17-18,20,29H,6-7,12-14H2,1-5H3,(H2,24,25)(H,27,28). The van der Waals surface area contributed by atoms with Crippen molar-refractivity contribution in [3.8, 4) is 0 Å². The minimum atomic E-state index is -2.05. The predicted molar refractivity (Wildman–Crippen MR) is 134 cm³/mol. The van der Waals surface area contributed by atoms with Gasteiger partial charge in [-0.05, 0) is 49.0 Å². The van der Waals surface area contributed by atoms with Crippen molar-refractivity contribution in [1.82, 2.24) is 4.90 Å². The number of carboxylic acids is 1. The van der Waals surface area contributed by atoms with Crippen molar-refractivity contribution in [2.24, 2.45) is 16.8 Å². The number of hydrogen-bond donors (Lipinski definition) is 3. The van der Waals surface area contributed by atoms with Crippen molar-refractivity contribution in [1.29, 1.82) is 0 Å². The molecule has 3 atom stereocenters. The lowest BCUT2D eigenvalue weighted by Gasteiger charge is -2.43. The van der Waals surface area contributed by atoms with Gasteiger partial charge in [0.05, 0.1) is 16.6 Å². The van der Waals surface area contributed by atoms with Gasteiger partial charge in [-0.15, -0.1) is 0 Å². The summed E-state index contributed by atoms with van der Waals surface area (Å²) in [6.07, 6.45) is 2.00. The molecule has 0 radical (unpaired) electrons.